The first-order valence-electron chi connectivity index (χ1n) is 7.08. The van der Waals surface area contributed by atoms with Crippen LogP contribution in [0.1, 0.15) is 57.8 Å². The number of hydrogen-bond donors (Lipinski definition) is 1. The second kappa shape index (κ2) is 4.08. The molecule has 0 saturated heterocycles. The highest BCUT2D eigenvalue weighted by molar-refractivity contribution is 4.90. The van der Waals surface area contributed by atoms with E-state index in [4.69, 9.17) is 5.73 Å². The molecule has 0 amide bonds. The number of hydrogen-bond acceptors (Lipinski definition) is 1. The fraction of sp³-hybridized carbons (Fsp3) is 1.00. The van der Waals surface area contributed by atoms with Crippen molar-refractivity contribution in [2.24, 2.45) is 29.4 Å². The molecular formula is C14H25N. The lowest BCUT2D eigenvalue weighted by molar-refractivity contribution is 0.301. The monoisotopic (exact) mass is 207 g/mol. The van der Waals surface area contributed by atoms with Crippen LogP contribution in [0.25, 0.3) is 0 Å². The minimum absolute atomic E-state index is 0.545. The molecule has 3 aliphatic rings. The Labute approximate surface area is 93.8 Å². The van der Waals surface area contributed by atoms with Gasteiger partial charge in [-0.05, 0) is 62.2 Å². The first-order chi connectivity index (χ1) is 7.33. The Morgan fingerprint density at radius 1 is 1.07 bits per heavy atom. The third-order valence-electron chi connectivity index (χ3n) is 5.22. The zero-order chi connectivity index (χ0) is 10.3. The van der Waals surface area contributed by atoms with Crippen LogP contribution in [0.2, 0.25) is 0 Å². The topological polar surface area (TPSA) is 26.0 Å². The summed E-state index contributed by atoms with van der Waals surface area (Å²) >= 11 is 0. The second-order valence-electron chi connectivity index (χ2n) is 6.37. The molecule has 2 N–H and O–H groups in total. The summed E-state index contributed by atoms with van der Waals surface area (Å²) in [6.45, 7) is 0. The Hall–Kier alpha value is -0.0400. The molecule has 3 rings (SSSR count). The maximum absolute atomic E-state index is 6.14. The van der Waals surface area contributed by atoms with E-state index in [1.54, 1.807) is 25.7 Å². The Bertz CT molecular complexity index is 221. The lowest BCUT2D eigenvalue weighted by Crippen LogP contribution is -2.22. The van der Waals surface area contributed by atoms with Crippen LogP contribution in [-0.2, 0) is 0 Å². The van der Waals surface area contributed by atoms with Gasteiger partial charge in [0, 0.05) is 6.04 Å². The molecular weight excluding hydrogens is 182 g/mol. The van der Waals surface area contributed by atoms with Gasteiger partial charge in [-0.25, -0.2) is 0 Å². The second-order valence-corrected chi connectivity index (χ2v) is 6.37. The Morgan fingerprint density at radius 2 is 1.93 bits per heavy atom. The van der Waals surface area contributed by atoms with Crippen LogP contribution >= 0.6 is 0 Å². The van der Waals surface area contributed by atoms with Gasteiger partial charge in [-0.1, -0.05) is 19.3 Å². The minimum Gasteiger partial charge on any atom is -0.327 e. The first-order valence-corrected chi connectivity index (χ1v) is 7.08. The van der Waals surface area contributed by atoms with Gasteiger partial charge >= 0.3 is 0 Å². The predicted octanol–water partition coefficient (Wildman–Crippen LogP) is 3.33. The highest BCUT2D eigenvalue weighted by atomic mass is 14.7. The van der Waals surface area contributed by atoms with E-state index in [0.29, 0.717) is 6.04 Å². The van der Waals surface area contributed by atoms with E-state index < -0.39 is 0 Å². The van der Waals surface area contributed by atoms with Crippen LogP contribution in [0, 0.1) is 23.7 Å². The van der Waals surface area contributed by atoms with Gasteiger partial charge in [0.1, 0.15) is 0 Å². The van der Waals surface area contributed by atoms with Crippen LogP contribution in [-0.4, -0.2) is 6.04 Å². The van der Waals surface area contributed by atoms with Crippen LogP contribution in [0.4, 0.5) is 0 Å². The molecule has 1 nitrogen and oxygen atoms in total. The van der Waals surface area contributed by atoms with E-state index in [1.807, 2.05) is 0 Å². The standard InChI is InChI=1S/C14H25N/c15-14(11-6-7-11)3-1-2-12-8-10-4-5-13(12)9-10/h10-14H,1-9,15H2. The van der Waals surface area contributed by atoms with Crippen molar-refractivity contribution in [3.05, 3.63) is 0 Å². The van der Waals surface area contributed by atoms with Gasteiger partial charge in [0.05, 0.1) is 0 Å². The molecule has 0 aliphatic heterocycles. The van der Waals surface area contributed by atoms with Gasteiger partial charge in [0.15, 0.2) is 0 Å². The zero-order valence-corrected chi connectivity index (χ0v) is 9.83. The van der Waals surface area contributed by atoms with Gasteiger partial charge in [-0.2, -0.15) is 0 Å². The fourth-order valence-electron chi connectivity index (χ4n) is 4.11. The molecule has 3 fully saturated rings. The molecule has 0 heterocycles. The fourth-order valence-corrected chi connectivity index (χ4v) is 4.11. The molecule has 4 atom stereocenters. The summed E-state index contributed by atoms with van der Waals surface area (Å²) in [4.78, 5) is 0. The lowest BCUT2D eigenvalue weighted by Gasteiger charge is -2.22. The number of fused-ring (bicyclic) bond motifs is 2. The molecule has 0 aromatic heterocycles. The lowest BCUT2D eigenvalue weighted by atomic mass is 9.84. The summed E-state index contributed by atoms with van der Waals surface area (Å²) < 4.78 is 0. The summed E-state index contributed by atoms with van der Waals surface area (Å²) in [5.74, 6) is 4.24. The van der Waals surface area contributed by atoms with E-state index in [0.717, 1.165) is 23.7 Å². The van der Waals surface area contributed by atoms with E-state index in [-0.39, 0.29) is 0 Å². The van der Waals surface area contributed by atoms with Crippen LogP contribution in [0.5, 0.6) is 0 Å². The van der Waals surface area contributed by atoms with Gasteiger partial charge in [-0.15, -0.1) is 0 Å². The molecule has 1 heteroatoms. The van der Waals surface area contributed by atoms with Gasteiger partial charge in [0.25, 0.3) is 0 Å². The Morgan fingerprint density at radius 3 is 2.53 bits per heavy atom. The summed E-state index contributed by atoms with van der Waals surface area (Å²) in [7, 11) is 0. The van der Waals surface area contributed by atoms with Crippen LogP contribution in [0.3, 0.4) is 0 Å². The molecule has 4 unspecified atom stereocenters. The predicted molar refractivity (Wildman–Crippen MR) is 63.5 cm³/mol. The third kappa shape index (κ3) is 2.22. The minimum atomic E-state index is 0.545. The maximum atomic E-state index is 6.14. The van der Waals surface area contributed by atoms with E-state index in [9.17, 15) is 0 Å². The van der Waals surface area contributed by atoms with Crippen LogP contribution in [0.15, 0.2) is 0 Å². The first kappa shape index (κ1) is 10.1. The van der Waals surface area contributed by atoms with Crippen molar-refractivity contribution in [3.8, 4) is 0 Å². The molecule has 0 aromatic rings. The molecule has 86 valence electrons. The molecule has 3 aliphatic carbocycles. The average molecular weight is 207 g/mol. The number of nitrogens with two attached hydrogens (primary N) is 1. The van der Waals surface area contributed by atoms with Crippen molar-refractivity contribution in [1.82, 2.24) is 0 Å². The van der Waals surface area contributed by atoms with Crippen molar-refractivity contribution in [2.45, 2.75) is 63.8 Å². The van der Waals surface area contributed by atoms with Gasteiger partial charge < -0.3 is 5.73 Å². The van der Waals surface area contributed by atoms with Crippen molar-refractivity contribution in [2.75, 3.05) is 0 Å². The quantitative estimate of drug-likeness (QED) is 0.735. The summed E-state index contributed by atoms with van der Waals surface area (Å²) in [5.41, 5.74) is 6.14. The van der Waals surface area contributed by atoms with E-state index in [2.05, 4.69) is 0 Å². The summed E-state index contributed by atoms with van der Waals surface area (Å²) in [6.07, 6.45) is 13.2. The largest absolute Gasteiger partial charge is 0.327 e. The van der Waals surface area contributed by atoms with Gasteiger partial charge in [0.2, 0.25) is 0 Å². The van der Waals surface area contributed by atoms with E-state index in [1.165, 1.54) is 32.1 Å². The van der Waals surface area contributed by atoms with Crippen molar-refractivity contribution >= 4 is 0 Å². The highest BCUT2D eigenvalue weighted by Gasteiger charge is 2.39. The average Bonchev–Trinajstić information content (AvgIpc) is 2.90. The van der Waals surface area contributed by atoms with Crippen molar-refractivity contribution < 1.29 is 0 Å². The SMILES string of the molecule is NC(CCCC1CC2CCC1C2)C1CC1. The molecule has 0 spiro atoms. The van der Waals surface area contributed by atoms with Crippen molar-refractivity contribution in [1.29, 1.82) is 0 Å². The number of rotatable bonds is 5. The smallest absolute Gasteiger partial charge is 0.00671 e. The maximum Gasteiger partial charge on any atom is 0.00671 e. The normalized spacial score (nSPS) is 41.0. The Balaban J connectivity index is 1.35. The third-order valence-corrected chi connectivity index (χ3v) is 5.22. The molecule has 3 saturated carbocycles. The molecule has 0 aromatic carbocycles. The molecule has 2 bridgehead atoms. The molecule has 15 heavy (non-hydrogen) atoms. The summed E-state index contributed by atoms with van der Waals surface area (Å²) in [6, 6.07) is 0.545. The zero-order valence-electron chi connectivity index (χ0n) is 9.83. The van der Waals surface area contributed by atoms with Crippen LogP contribution < -0.4 is 5.73 Å². The highest BCUT2D eigenvalue weighted by Crippen LogP contribution is 2.50. The molecule has 0 radical (unpaired) electrons. The summed E-state index contributed by atoms with van der Waals surface area (Å²) in [5, 5.41) is 0. The van der Waals surface area contributed by atoms with E-state index >= 15 is 0 Å². The Kier molecular flexibility index (Phi) is 2.76. The van der Waals surface area contributed by atoms with Gasteiger partial charge in [-0.3, -0.25) is 0 Å². The van der Waals surface area contributed by atoms with Crippen molar-refractivity contribution in [3.63, 3.8) is 0 Å².